The summed E-state index contributed by atoms with van der Waals surface area (Å²) in [6.07, 6.45) is 8.75. The summed E-state index contributed by atoms with van der Waals surface area (Å²) in [4.78, 5) is 7.04. The lowest BCUT2D eigenvalue weighted by Gasteiger charge is -2.35. The molecule has 2 heterocycles. The smallest absolute Gasteiger partial charge is 0.125 e. The number of anilines is 1. The molecule has 1 aliphatic heterocycles. The minimum atomic E-state index is 0.785. The van der Waals surface area contributed by atoms with Crippen molar-refractivity contribution in [2.45, 2.75) is 51.6 Å². The average molecular weight is 247 g/mol. The predicted molar refractivity (Wildman–Crippen MR) is 76.7 cm³/mol. The molecule has 2 rings (SSSR count). The fourth-order valence-corrected chi connectivity index (χ4v) is 2.83. The molecule has 100 valence electrons. The van der Waals surface area contributed by atoms with Crippen LogP contribution in [0.25, 0.3) is 0 Å². The molecule has 1 fully saturated rings. The summed E-state index contributed by atoms with van der Waals surface area (Å²) in [6, 6.07) is 5.04. The second-order valence-electron chi connectivity index (χ2n) is 5.21. The largest absolute Gasteiger partial charge is 0.373 e. The van der Waals surface area contributed by atoms with Crippen molar-refractivity contribution in [3.8, 4) is 0 Å². The summed E-state index contributed by atoms with van der Waals surface area (Å²) in [6.45, 7) is 4.59. The van der Waals surface area contributed by atoms with Gasteiger partial charge in [0.25, 0.3) is 0 Å². The zero-order chi connectivity index (χ0) is 12.8. The maximum absolute atomic E-state index is 4.40. The summed E-state index contributed by atoms with van der Waals surface area (Å²) in [7, 11) is 1.91. The average Bonchev–Trinajstić information content (AvgIpc) is 2.42. The van der Waals surface area contributed by atoms with Gasteiger partial charge >= 0.3 is 0 Å². The van der Waals surface area contributed by atoms with Crippen LogP contribution in [0.2, 0.25) is 0 Å². The van der Waals surface area contributed by atoms with Gasteiger partial charge in [-0.25, -0.2) is 4.98 Å². The molecule has 1 saturated heterocycles. The highest BCUT2D eigenvalue weighted by molar-refractivity contribution is 5.34. The van der Waals surface area contributed by atoms with Crippen LogP contribution in [0.4, 0.5) is 5.82 Å². The third-order valence-corrected chi connectivity index (χ3v) is 3.84. The Balaban J connectivity index is 1.96. The Kier molecular flexibility index (Phi) is 5.00. The van der Waals surface area contributed by atoms with E-state index in [1.807, 2.05) is 13.2 Å². The lowest BCUT2D eigenvalue weighted by atomic mass is 9.98. The zero-order valence-electron chi connectivity index (χ0n) is 11.7. The van der Waals surface area contributed by atoms with Crippen molar-refractivity contribution in [1.29, 1.82) is 0 Å². The summed E-state index contributed by atoms with van der Waals surface area (Å²) in [5.41, 5.74) is 1.33. The van der Waals surface area contributed by atoms with Crippen molar-refractivity contribution in [2.24, 2.45) is 0 Å². The third-order valence-electron chi connectivity index (χ3n) is 3.84. The van der Waals surface area contributed by atoms with Crippen LogP contribution < -0.4 is 5.32 Å². The molecule has 0 radical (unpaired) electrons. The Morgan fingerprint density at radius 3 is 2.94 bits per heavy atom. The summed E-state index contributed by atoms with van der Waals surface area (Å²) >= 11 is 0. The molecule has 0 bridgehead atoms. The summed E-state index contributed by atoms with van der Waals surface area (Å²) in [5, 5.41) is 3.06. The number of aromatic nitrogens is 1. The van der Waals surface area contributed by atoms with Crippen molar-refractivity contribution < 1.29 is 0 Å². The highest BCUT2D eigenvalue weighted by Gasteiger charge is 2.21. The quantitative estimate of drug-likeness (QED) is 0.865. The van der Waals surface area contributed by atoms with Gasteiger partial charge in [-0.3, -0.25) is 4.90 Å². The lowest BCUT2D eigenvalue weighted by molar-refractivity contribution is 0.131. The molecule has 3 heteroatoms. The second kappa shape index (κ2) is 6.74. The molecule has 3 nitrogen and oxygen atoms in total. The first-order chi connectivity index (χ1) is 8.83. The molecular formula is C15H25N3. The molecular weight excluding hydrogens is 222 g/mol. The van der Waals surface area contributed by atoms with E-state index in [9.17, 15) is 0 Å². The van der Waals surface area contributed by atoms with Crippen molar-refractivity contribution >= 4 is 5.82 Å². The van der Waals surface area contributed by atoms with Gasteiger partial charge in [-0.05, 0) is 37.4 Å². The Bertz CT molecular complexity index is 345. The van der Waals surface area contributed by atoms with E-state index in [2.05, 4.69) is 34.3 Å². The van der Waals surface area contributed by atoms with E-state index < -0.39 is 0 Å². The van der Waals surface area contributed by atoms with Crippen LogP contribution in [-0.4, -0.2) is 29.5 Å². The van der Waals surface area contributed by atoms with E-state index in [0.29, 0.717) is 0 Å². The van der Waals surface area contributed by atoms with Gasteiger partial charge in [0.15, 0.2) is 0 Å². The monoisotopic (exact) mass is 247 g/mol. The van der Waals surface area contributed by atoms with Gasteiger partial charge < -0.3 is 5.32 Å². The highest BCUT2D eigenvalue weighted by Crippen LogP contribution is 2.22. The molecule has 0 aliphatic carbocycles. The Hall–Kier alpha value is -1.09. The van der Waals surface area contributed by atoms with Gasteiger partial charge in [-0.2, -0.15) is 0 Å². The minimum absolute atomic E-state index is 0.785. The predicted octanol–water partition coefficient (Wildman–Crippen LogP) is 3.28. The van der Waals surface area contributed by atoms with E-state index in [4.69, 9.17) is 0 Å². The maximum atomic E-state index is 4.40. The van der Waals surface area contributed by atoms with Gasteiger partial charge in [0.1, 0.15) is 5.82 Å². The van der Waals surface area contributed by atoms with Crippen LogP contribution >= 0.6 is 0 Å². The van der Waals surface area contributed by atoms with E-state index in [1.165, 1.54) is 44.2 Å². The number of nitrogens with zero attached hydrogens (tertiary/aromatic N) is 2. The maximum Gasteiger partial charge on any atom is 0.125 e. The number of hydrogen-bond donors (Lipinski definition) is 1. The minimum Gasteiger partial charge on any atom is -0.373 e. The normalized spacial score (nSPS) is 20.9. The summed E-state index contributed by atoms with van der Waals surface area (Å²) < 4.78 is 0. The first kappa shape index (κ1) is 13.3. The van der Waals surface area contributed by atoms with Gasteiger partial charge in [-0.1, -0.05) is 25.8 Å². The van der Waals surface area contributed by atoms with Crippen molar-refractivity contribution in [3.63, 3.8) is 0 Å². The topological polar surface area (TPSA) is 28.2 Å². The first-order valence-corrected chi connectivity index (χ1v) is 7.20. The van der Waals surface area contributed by atoms with Crippen LogP contribution in [0.1, 0.15) is 44.6 Å². The van der Waals surface area contributed by atoms with Crippen LogP contribution in [0.3, 0.4) is 0 Å². The fourth-order valence-electron chi connectivity index (χ4n) is 2.83. The number of nitrogens with one attached hydrogen (secondary N) is 1. The Labute approximate surface area is 111 Å². The SMILES string of the molecule is CCCC1CCCCN1Cc1ccc(NC)nc1. The van der Waals surface area contributed by atoms with Crippen molar-refractivity contribution in [1.82, 2.24) is 9.88 Å². The van der Waals surface area contributed by atoms with E-state index in [0.717, 1.165) is 18.4 Å². The van der Waals surface area contributed by atoms with Gasteiger partial charge in [0.05, 0.1) is 0 Å². The number of likely N-dealkylation sites (tertiary alicyclic amines) is 1. The van der Waals surface area contributed by atoms with Crippen molar-refractivity contribution in [3.05, 3.63) is 23.9 Å². The van der Waals surface area contributed by atoms with E-state index in [-0.39, 0.29) is 0 Å². The van der Waals surface area contributed by atoms with Gasteiger partial charge in [0, 0.05) is 25.8 Å². The molecule has 0 spiro atoms. The zero-order valence-corrected chi connectivity index (χ0v) is 11.7. The number of pyridine rings is 1. The van der Waals surface area contributed by atoms with Gasteiger partial charge in [0.2, 0.25) is 0 Å². The number of hydrogen-bond acceptors (Lipinski definition) is 3. The lowest BCUT2D eigenvalue weighted by Crippen LogP contribution is -2.38. The van der Waals surface area contributed by atoms with E-state index >= 15 is 0 Å². The number of piperidine rings is 1. The number of rotatable bonds is 5. The molecule has 1 unspecified atom stereocenters. The van der Waals surface area contributed by atoms with Gasteiger partial charge in [-0.15, -0.1) is 0 Å². The van der Waals surface area contributed by atoms with E-state index in [1.54, 1.807) is 0 Å². The molecule has 1 atom stereocenters. The molecule has 18 heavy (non-hydrogen) atoms. The Morgan fingerprint density at radius 2 is 2.28 bits per heavy atom. The van der Waals surface area contributed by atoms with Crippen LogP contribution in [0.5, 0.6) is 0 Å². The molecule has 0 aromatic carbocycles. The Morgan fingerprint density at radius 1 is 1.39 bits per heavy atom. The molecule has 0 saturated carbocycles. The molecule has 0 amide bonds. The standard InChI is InChI=1S/C15H25N3/c1-3-6-14-7-4-5-10-18(14)12-13-8-9-15(16-2)17-11-13/h8-9,11,14H,3-7,10,12H2,1-2H3,(H,16,17). The van der Waals surface area contributed by atoms with Crippen LogP contribution in [-0.2, 0) is 6.54 Å². The fraction of sp³-hybridized carbons (Fsp3) is 0.667. The first-order valence-electron chi connectivity index (χ1n) is 7.20. The molecule has 1 aromatic heterocycles. The van der Waals surface area contributed by atoms with Crippen LogP contribution in [0.15, 0.2) is 18.3 Å². The molecule has 1 aliphatic rings. The van der Waals surface area contributed by atoms with Crippen LogP contribution in [0, 0.1) is 0 Å². The molecule has 1 aromatic rings. The second-order valence-corrected chi connectivity index (χ2v) is 5.21. The van der Waals surface area contributed by atoms with Crippen molar-refractivity contribution in [2.75, 3.05) is 18.9 Å². The summed E-state index contributed by atoms with van der Waals surface area (Å²) in [5.74, 6) is 0.947. The molecule has 1 N–H and O–H groups in total. The third kappa shape index (κ3) is 3.45. The highest BCUT2D eigenvalue weighted by atomic mass is 15.2.